The maximum atomic E-state index is 11.9. The minimum atomic E-state index is -0.0491. The van der Waals surface area contributed by atoms with Gasteiger partial charge in [-0.2, -0.15) is 11.3 Å². The summed E-state index contributed by atoms with van der Waals surface area (Å²) in [7, 11) is 0. The fourth-order valence-corrected chi connectivity index (χ4v) is 4.03. The predicted octanol–water partition coefficient (Wildman–Crippen LogP) is 5.48. The van der Waals surface area contributed by atoms with Gasteiger partial charge in [-0.15, -0.1) is 22.7 Å². The number of thiophene rings is 2. The first kappa shape index (κ1) is 13.7. The second-order valence-electron chi connectivity index (χ2n) is 3.89. The zero-order chi connectivity index (χ0) is 13.9. The third-order valence-electron chi connectivity index (χ3n) is 2.51. The fourth-order valence-electron chi connectivity index (χ4n) is 1.57. The molecule has 0 spiro atoms. The van der Waals surface area contributed by atoms with Crippen LogP contribution >= 0.6 is 45.6 Å². The Labute approximate surface area is 133 Å². The lowest BCUT2D eigenvalue weighted by molar-refractivity contribution is 0.105. The highest BCUT2D eigenvalue weighted by Crippen LogP contribution is 2.26. The van der Waals surface area contributed by atoms with Crippen LogP contribution in [0.1, 0.15) is 15.4 Å². The zero-order valence-corrected chi connectivity index (χ0v) is 13.3. The number of rotatable bonds is 4. The summed E-state index contributed by atoms with van der Waals surface area (Å²) in [5, 5.41) is 7.00. The number of carbonyl (C=O) groups excluding carboxylic acids is 1. The average Bonchev–Trinajstić information content (AvgIpc) is 3.16. The van der Waals surface area contributed by atoms with Crippen LogP contribution in [0.5, 0.6) is 0 Å². The standard InChI is InChI=1S/C14H8ClNOS3/c15-13-4-3-12(20-13)11(17)2-1-10-8-19-14(16-10)9-5-6-18-7-9/h1-8H/b2-1+. The molecule has 3 aromatic heterocycles. The minimum absolute atomic E-state index is 0.0491. The number of hydrogen-bond donors (Lipinski definition) is 0. The van der Waals surface area contributed by atoms with Crippen molar-refractivity contribution < 1.29 is 4.79 Å². The lowest BCUT2D eigenvalue weighted by atomic mass is 10.3. The van der Waals surface area contributed by atoms with Crippen LogP contribution in [0.3, 0.4) is 0 Å². The van der Waals surface area contributed by atoms with Gasteiger partial charge in [0.15, 0.2) is 5.78 Å². The van der Waals surface area contributed by atoms with Gasteiger partial charge in [0, 0.05) is 16.3 Å². The molecule has 0 N–H and O–H groups in total. The molecular formula is C14H8ClNOS3. The molecule has 3 aromatic rings. The topological polar surface area (TPSA) is 30.0 Å². The zero-order valence-electron chi connectivity index (χ0n) is 10.1. The van der Waals surface area contributed by atoms with Gasteiger partial charge in [-0.05, 0) is 35.7 Å². The van der Waals surface area contributed by atoms with E-state index in [1.54, 1.807) is 40.9 Å². The van der Waals surface area contributed by atoms with Gasteiger partial charge < -0.3 is 0 Å². The first-order valence-corrected chi connectivity index (χ1v) is 8.70. The molecule has 6 heteroatoms. The van der Waals surface area contributed by atoms with E-state index in [0.29, 0.717) is 9.21 Å². The number of carbonyl (C=O) groups is 1. The molecule has 0 bridgehead atoms. The smallest absolute Gasteiger partial charge is 0.195 e. The second kappa shape index (κ2) is 6.01. The van der Waals surface area contributed by atoms with Crippen molar-refractivity contribution in [3.63, 3.8) is 0 Å². The van der Waals surface area contributed by atoms with E-state index in [4.69, 9.17) is 11.6 Å². The SMILES string of the molecule is O=C(/C=C/c1csc(-c2ccsc2)n1)c1ccc(Cl)s1. The van der Waals surface area contributed by atoms with E-state index in [1.807, 2.05) is 16.8 Å². The molecule has 2 nitrogen and oxygen atoms in total. The summed E-state index contributed by atoms with van der Waals surface area (Å²) in [5.41, 5.74) is 1.92. The Morgan fingerprint density at radius 1 is 1.25 bits per heavy atom. The van der Waals surface area contributed by atoms with Crippen LogP contribution in [0, 0.1) is 0 Å². The first-order chi connectivity index (χ1) is 9.72. The van der Waals surface area contributed by atoms with Gasteiger partial charge in [-0.3, -0.25) is 4.79 Å². The predicted molar refractivity (Wildman–Crippen MR) is 88.1 cm³/mol. The molecule has 3 heterocycles. The fraction of sp³-hybridized carbons (Fsp3) is 0. The molecule has 0 aromatic carbocycles. The Bertz CT molecular complexity index is 755. The molecule has 0 saturated carbocycles. The lowest BCUT2D eigenvalue weighted by Crippen LogP contribution is -1.88. The highest BCUT2D eigenvalue weighted by Gasteiger charge is 2.06. The minimum Gasteiger partial charge on any atom is -0.288 e. The number of ketones is 1. The molecule has 0 amide bonds. The van der Waals surface area contributed by atoms with Gasteiger partial charge in [0.2, 0.25) is 0 Å². The third-order valence-corrected chi connectivity index (χ3v) is 5.35. The van der Waals surface area contributed by atoms with Crippen molar-refractivity contribution in [2.24, 2.45) is 0 Å². The number of halogens is 1. The van der Waals surface area contributed by atoms with Crippen LogP contribution in [-0.2, 0) is 0 Å². The van der Waals surface area contributed by atoms with E-state index in [9.17, 15) is 4.79 Å². The van der Waals surface area contributed by atoms with Crippen LogP contribution in [-0.4, -0.2) is 10.8 Å². The molecule has 0 saturated heterocycles. The maximum Gasteiger partial charge on any atom is 0.195 e. The number of nitrogens with zero attached hydrogens (tertiary/aromatic N) is 1. The quantitative estimate of drug-likeness (QED) is 0.466. The number of aromatic nitrogens is 1. The molecule has 0 aliphatic rings. The van der Waals surface area contributed by atoms with Crippen molar-refractivity contribution in [3.8, 4) is 10.6 Å². The van der Waals surface area contributed by atoms with Crippen molar-refractivity contribution in [2.45, 2.75) is 0 Å². The van der Waals surface area contributed by atoms with Crippen LogP contribution in [0.4, 0.5) is 0 Å². The largest absolute Gasteiger partial charge is 0.288 e. The Balaban J connectivity index is 1.75. The van der Waals surface area contributed by atoms with E-state index in [-0.39, 0.29) is 5.78 Å². The Morgan fingerprint density at radius 2 is 2.15 bits per heavy atom. The van der Waals surface area contributed by atoms with E-state index >= 15 is 0 Å². The van der Waals surface area contributed by atoms with Crippen LogP contribution < -0.4 is 0 Å². The van der Waals surface area contributed by atoms with Crippen molar-refractivity contribution in [3.05, 3.63) is 55.3 Å². The van der Waals surface area contributed by atoms with Crippen molar-refractivity contribution >= 4 is 57.5 Å². The molecule has 0 unspecified atom stereocenters. The Morgan fingerprint density at radius 3 is 2.85 bits per heavy atom. The van der Waals surface area contributed by atoms with Gasteiger partial charge in [0.05, 0.1) is 14.9 Å². The third kappa shape index (κ3) is 3.07. The van der Waals surface area contributed by atoms with Gasteiger partial charge in [-0.25, -0.2) is 4.98 Å². The molecular weight excluding hydrogens is 330 g/mol. The normalized spacial score (nSPS) is 11.2. The molecule has 0 aliphatic carbocycles. The average molecular weight is 338 g/mol. The summed E-state index contributed by atoms with van der Waals surface area (Å²) in [6, 6.07) is 5.50. The van der Waals surface area contributed by atoms with Crippen LogP contribution in [0.25, 0.3) is 16.6 Å². The van der Waals surface area contributed by atoms with Gasteiger partial charge >= 0.3 is 0 Å². The second-order valence-corrected chi connectivity index (χ2v) is 7.24. The molecule has 3 rings (SSSR count). The van der Waals surface area contributed by atoms with Gasteiger partial charge in [0.25, 0.3) is 0 Å². The molecule has 20 heavy (non-hydrogen) atoms. The molecule has 0 fully saturated rings. The molecule has 0 atom stereocenters. The highest BCUT2D eigenvalue weighted by molar-refractivity contribution is 7.18. The lowest BCUT2D eigenvalue weighted by Gasteiger charge is -1.88. The van der Waals surface area contributed by atoms with Crippen molar-refractivity contribution in [1.29, 1.82) is 0 Å². The van der Waals surface area contributed by atoms with Crippen molar-refractivity contribution in [1.82, 2.24) is 4.98 Å². The number of thiazole rings is 1. The van der Waals surface area contributed by atoms with E-state index in [1.165, 1.54) is 17.4 Å². The maximum absolute atomic E-state index is 11.9. The number of allylic oxidation sites excluding steroid dienone is 1. The van der Waals surface area contributed by atoms with Gasteiger partial charge in [0.1, 0.15) is 5.01 Å². The summed E-state index contributed by atoms with van der Waals surface area (Å²) in [5.74, 6) is -0.0491. The first-order valence-electron chi connectivity index (χ1n) is 5.68. The van der Waals surface area contributed by atoms with Crippen LogP contribution in [0.15, 0.2) is 40.4 Å². The highest BCUT2D eigenvalue weighted by atomic mass is 35.5. The van der Waals surface area contributed by atoms with E-state index < -0.39 is 0 Å². The Hall–Kier alpha value is -1.27. The molecule has 0 radical (unpaired) electrons. The molecule has 100 valence electrons. The number of hydrogen-bond acceptors (Lipinski definition) is 5. The summed E-state index contributed by atoms with van der Waals surface area (Å²) >= 11 is 10.3. The summed E-state index contributed by atoms with van der Waals surface area (Å²) in [6.07, 6.45) is 3.27. The van der Waals surface area contributed by atoms with Gasteiger partial charge in [-0.1, -0.05) is 11.6 Å². The summed E-state index contributed by atoms with van der Waals surface area (Å²) in [6.45, 7) is 0. The molecule has 0 aliphatic heterocycles. The summed E-state index contributed by atoms with van der Waals surface area (Å²) in [4.78, 5) is 17.0. The van der Waals surface area contributed by atoms with Crippen LogP contribution in [0.2, 0.25) is 4.34 Å². The summed E-state index contributed by atoms with van der Waals surface area (Å²) < 4.78 is 0.621. The van der Waals surface area contributed by atoms with E-state index in [0.717, 1.165) is 16.3 Å². The van der Waals surface area contributed by atoms with E-state index in [2.05, 4.69) is 10.4 Å². The Kier molecular flexibility index (Phi) is 4.12. The van der Waals surface area contributed by atoms with Crippen molar-refractivity contribution in [2.75, 3.05) is 0 Å². The monoisotopic (exact) mass is 337 g/mol.